The van der Waals surface area contributed by atoms with Crippen LogP contribution in [-0.4, -0.2) is 44.3 Å². The lowest BCUT2D eigenvalue weighted by atomic mass is 9.96. The van der Waals surface area contributed by atoms with E-state index in [1.165, 1.54) is 38.9 Å². The summed E-state index contributed by atoms with van der Waals surface area (Å²) in [6, 6.07) is 6.53. The summed E-state index contributed by atoms with van der Waals surface area (Å²) in [5.41, 5.74) is -0.404. The number of aromatic nitrogens is 4. The van der Waals surface area contributed by atoms with Crippen LogP contribution in [0.2, 0.25) is 0 Å². The van der Waals surface area contributed by atoms with Gasteiger partial charge in [0.05, 0.1) is 25.0 Å². The van der Waals surface area contributed by atoms with Gasteiger partial charge in [0.1, 0.15) is 23.4 Å². The van der Waals surface area contributed by atoms with E-state index < -0.39 is 23.6 Å². The summed E-state index contributed by atoms with van der Waals surface area (Å²) in [4.78, 5) is 21.2. The number of imidazole rings is 1. The Bertz CT molecular complexity index is 1510. The van der Waals surface area contributed by atoms with Crippen LogP contribution in [0.3, 0.4) is 0 Å². The minimum Gasteiger partial charge on any atom is -0.480 e. The molecule has 5 rings (SSSR count). The molecule has 2 aromatic heterocycles. The number of methoxy groups -OCH3 is 1. The first-order valence-corrected chi connectivity index (χ1v) is 11.5. The highest BCUT2D eigenvalue weighted by atomic mass is 19.4. The van der Waals surface area contributed by atoms with Crippen molar-refractivity contribution in [2.45, 2.75) is 38.2 Å². The van der Waals surface area contributed by atoms with E-state index in [1.807, 2.05) is 0 Å². The first kappa shape index (κ1) is 25.4. The predicted octanol–water partition coefficient (Wildman–Crippen LogP) is 5.23. The van der Waals surface area contributed by atoms with Crippen LogP contribution >= 0.6 is 0 Å². The number of azo groups is 1. The zero-order valence-corrected chi connectivity index (χ0v) is 20.8. The molecule has 13 heteroatoms. The maximum absolute atomic E-state index is 15.1. The number of aryl methyl sites for hydroxylation is 1. The third kappa shape index (κ3) is 4.71. The number of fused-ring (bicyclic) bond motifs is 1. The zero-order chi connectivity index (χ0) is 27.2. The second kappa shape index (κ2) is 9.23. The lowest BCUT2D eigenvalue weighted by Gasteiger charge is -2.23. The van der Waals surface area contributed by atoms with E-state index in [4.69, 9.17) is 9.73 Å². The number of halogens is 4. The van der Waals surface area contributed by atoms with Crippen molar-refractivity contribution < 1.29 is 22.3 Å². The SMILES string of the molecule is COc1ncnc(C(C)(C)F)c1C1=NC(Cc2ccc(-c3nc(C(F)(F)F)cn3C)cc2)C2=CN=NC2=N1. The number of hydrogen-bond acceptors (Lipinski definition) is 8. The summed E-state index contributed by atoms with van der Waals surface area (Å²) in [7, 11) is 2.93. The summed E-state index contributed by atoms with van der Waals surface area (Å²) in [5.74, 6) is 0.843. The van der Waals surface area contributed by atoms with Crippen molar-refractivity contribution in [1.82, 2.24) is 19.5 Å². The molecule has 1 atom stereocenters. The topological polar surface area (TPSA) is 102 Å². The summed E-state index contributed by atoms with van der Waals surface area (Å²) in [6.45, 7) is 2.74. The van der Waals surface area contributed by atoms with Gasteiger partial charge >= 0.3 is 6.18 Å². The molecule has 196 valence electrons. The molecule has 0 saturated carbocycles. The average Bonchev–Trinajstić information content (AvgIpc) is 3.50. The number of hydrogen-bond donors (Lipinski definition) is 0. The largest absolute Gasteiger partial charge is 0.480 e. The molecular weight excluding hydrogens is 504 g/mol. The van der Waals surface area contributed by atoms with Crippen molar-refractivity contribution >= 4 is 11.7 Å². The number of aliphatic imine (C=N–C) groups is 2. The van der Waals surface area contributed by atoms with Crippen molar-refractivity contribution in [3.63, 3.8) is 0 Å². The fraction of sp³-hybridized carbons (Fsp3) is 0.320. The molecule has 38 heavy (non-hydrogen) atoms. The van der Waals surface area contributed by atoms with Gasteiger partial charge in [-0.05, 0) is 25.8 Å². The highest BCUT2D eigenvalue weighted by Crippen LogP contribution is 2.34. The fourth-order valence-corrected chi connectivity index (χ4v) is 4.27. The number of nitrogens with zero attached hydrogens (tertiary/aromatic N) is 8. The van der Waals surface area contributed by atoms with Crippen molar-refractivity contribution in [2.24, 2.45) is 27.3 Å². The second-order valence-corrected chi connectivity index (χ2v) is 9.24. The molecule has 0 amide bonds. The Balaban J connectivity index is 1.48. The molecule has 0 N–H and O–H groups in total. The number of benzene rings is 1. The molecule has 2 aliphatic rings. The molecule has 9 nitrogen and oxygen atoms in total. The molecule has 2 aliphatic heterocycles. The zero-order valence-electron chi connectivity index (χ0n) is 20.8. The van der Waals surface area contributed by atoms with E-state index >= 15 is 4.39 Å². The second-order valence-electron chi connectivity index (χ2n) is 9.24. The van der Waals surface area contributed by atoms with Gasteiger partial charge in [-0.15, -0.1) is 5.11 Å². The Kier molecular flexibility index (Phi) is 6.16. The van der Waals surface area contributed by atoms with Gasteiger partial charge in [-0.25, -0.2) is 24.3 Å². The standard InChI is InChI=1S/C25H22F4N8O/c1-24(2,26)19-18(23(38-4)31-12-30-19)21-33-16(15-10-32-36-20(15)35-21)9-13-5-7-14(8-6-13)22-34-17(11-37(22)3)25(27,28)29/h5-8,10-12,16H,9H2,1-4H3. The summed E-state index contributed by atoms with van der Waals surface area (Å²) >= 11 is 0. The lowest BCUT2D eigenvalue weighted by Crippen LogP contribution is -2.27. The van der Waals surface area contributed by atoms with Crippen LogP contribution in [0.5, 0.6) is 5.88 Å². The van der Waals surface area contributed by atoms with Crippen LogP contribution in [-0.2, 0) is 25.3 Å². The van der Waals surface area contributed by atoms with Crippen molar-refractivity contribution in [3.8, 4) is 17.3 Å². The first-order valence-electron chi connectivity index (χ1n) is 11.5. The molecule has 0 fully saturated rings. The maximum atomic E-state index is 15.1. The van der Waals surface area contributed by atoms with Gasteiger partial charge in [0.25, 0.3) is 0 Å². The van der Waals surface area contributed by atoms with Gasteiger partial charge in [-0.3, -0.25) is 4.99 Å². The minimum atomic E-state index is -4.53. The van der Waals surface area contributed by atoms with Gasteiger partial charge < -0.3 is 9.30 Å². The van der Waals surface area contributed by atoms with Gasteiger partial charge in [-0.1, -0.05) is 24.3 Å². The van der Waals surface area contributed by atoms with Gasteiger partial charge in [0.15, 0.2) is 17.4 Å². The van der Waals surface area contributed by atoms with Crippen LogP contribution in [0.15, 0.2) is 68.8 Å². The first-order chi connectivity index (χ1) is 18.0. The minimum absolute atomic E-state index is 0.0752. The molecule has 4 heterocycles. The van der Waals surface area contributed by atoms with Gasteiger partial charge in [0.2, 0.25) is 5.88 Å². The lowest BCUT2D eigenvalue weighted by molar-refractivity contribution is -0.140. The highest BCUT2D eigenvalue weighted by Gasteiger charge is 2.36. The molecular formula is C25H22F4N8O. The number of amidine groups is 2. The van der Waals surface area contributed by atoms with E-state index in [1.54, 1.807) is 30.5 Å². The average molecular weight is 526 g/mol. The van der Waals surface area contributed by atoms with Crippen LogP contribution in [0.25, 0.3) is 11.4 Å². The molecule has 0 saturated heterocycles. The van der Waals surface area contributed by atoms with E-state index in [0.717, 1.165) is 11.8 Å². The fourth-order valence-electron chi connectivity index (χ4n) is 4.27. The molecule has 0 radical (unpaired) electrons. The Hall–Kier alpha value is -4.29. The smallest absolute Gasteiger partial charge is 0.434 e. The third-order valence-electron chi connectivity index (χ3n) is 6.06. The molecule has 1 unspecified atom stereocenters. The van der Waals surface area contributed by atoms with E-state index in [2.05, 4.69) is 30.2 Å². The highest BCUT2D eigenvalue weighted by molar-refractivity contribution is 6.16. The maximum Gasteiger partial charge on any atom is 0.434 e. The van der Waals surface area contributed by atoms with E-state index in [-0.39, 0.29) is 28.8 Å². The molecule has 3 aromatic rings. The number of alkyl halides is 4. The van der Waals surface area contributed by atoms with Crippen LogP contribution in [0, 0.1) is 0 Å². The Morgan fingerprint density at radius 2 is 1.76 bits per heavy atom. The van der Waals surface area contributed by atoms with Crippen molar-refractivity contribution in [2.75, 3.05) is 7.11 Å². The van der Waals surface area contributed by atoms with Crippen molar-refractivity contribution in [3.05, 3.63) is 71.1 Å². The van der Waals surface area contributed by atoms with Gasteiger partial charge in [-0.2, -0.15) is 18.3 Å². The monoisotopic (exact) mass is 526 g/mol. The predicted molar refractivity (Wildman–Crippen MR) is 131 cm³/mol. The van der Waals surface area contributed by atoms with Crippen LogP contribution in [0.1, 0.15) is 36.4 Å². The third-order valence-corrected chi connectivity index (χ3v) is 6.06. The Labute approximate surface area is 214 Å². The number of rotatable bonds is 6. The van der Waals surface area contributed by atoms with Gasteiger partial charge in [0, 0.05) is 24.4 Å². The van der Waals surface area contributed by atoms with Crippen molar-refractivity contribution in [1.29, 1.82) is 0 Å². The van der Waals surface area contributed by atoms with E-state index in [0.29, 0.717) is 23.4 Å². The molecule has 0 spiro atoms. The van der Waals surface area contributed by atoms with Crippen LogP contribution < -0.4 is 4.74 Å². The molecule has 1 aromatic carbocycles. The summed E-state index contributed by atoms with van der Waals surface area (Å²) in [5, 5.41) is 8.05. The Morgan fingerprint density at radius 1 is 1.03 bits per heavy atom. The van der Waals surface area contributed by atoms with E-state index in [9.17, 15) is 13.2 Å². The normalized spacial score (nSPS) is 17.2. The molecule has 0 aliphatic carbocycles. The summed E-state index contributed by atoms with van der Waals surface area (Å²) < 4.78 is 61.0. The quantitative estimate of drug-likeness (QED) is 0.411. The summed E-state index contributed by atoms with van der Waals surface area (Å²) in [6.07, 6.45) is -0.381. The number of ether oxygens (including phenoxy) is 1. The Morgan fingerprint density at radius 3 is 2.39 bits per heavy atom. The van der Waals surface area contributed by atoms with Crippen LogP contribution in [0.4, 0.5) is 17.6 Å². The molecule has 0 bridgehead atoms.